The number of hydrazine groups is 1. The minimum absolute atomic E-state index is 0.0874. The van der Waals surface area contributed by atoms with E-state index in [2.05, 4.69) is 39.5 Å². The zero-order chi connectivity index (χ0) is 13.7. The van der Waals surface area contributed by atoms with Crippen LogP contribution in [0.15, 0.2) is 30.3 Å². The first kappa shape index (κ1) is 13.8. The number of carbonyl (C=O) groups is 1. The van der Waals surface area contributed by atoms with Crippen LogP contribution in [0, 0.1) is 0 Å². The fourth-order valence-electron chi connectivity index (χ4n) is 2.64. The van der Waals surface area contributed by atoms with E-state index < -0.39 is 0 Å². The molecule has 1 atom stereocenters. The number of benzene rings is 1. The number of nitrogens with one attached hydrogen (secondary N) is 1. The number of amides is 1. The maximum Gasteiger partial charge on any atom is 0.251 e. The fourth-order valence-corrected chi connectivity index (χ4v) is 2.64. The van der Waals surface area contributed by atoms with E-state index in [4.69, 9.17) is 5.84 Å². The van der Waals surface area contributed by atoms with Crippen LogP contribution in [0.4, 0.5) is 5.69 Å². The number of nitrogens with two attached hydrogens (primary N) is 1. The summed E-state index contributed by atoms with van der Waals surface area (Å²) in [6.07, 6.45) is 0.786. The third kappa shape index (κ3) is 3.24. The van der Waals surface area contributed by atoms with E-state index in [-0.39, 0.29) is 11.9 Å². The van der Waals surface area contributed by atoms with Gasteiger partial charge in [-0.05, 0) is 18.6 Å². The zero-order valence-electron chi connectivity index (χ0n) is 11.4. The molecule has 0 aromatic heterocycles. The van der Waals surface area contributed by atoms with Crippen molar-refractivity contribution in [2.75, 3.05) is 31.1 Å². The Hall–Kier alpha value is -1.59. The van der Waals surface area contributed by atoms with Crippen LogP contribution >= 0.6 is 0 Å². The highest BCUT2D eigenvalue weighted by molar-refractivity contribution is 5.81. The maximum absolute atomic E-state index is 11.7. The fraction of sp³-hybridized carbons (Fsp3) is 0.500. The molecule has 5 nitrogen and oxygen atoms in total. The molecule has 1 fully saturated rings. The average Bonchev–Trinajstić information content (AvgIpc) is 2.49. The van der Waals surface area contributed by atoms with Gasteiger partial charge in [0.25, 0.3) is 5.91 Å². The van der Waals surface area contributed by atoms with Gasteiger partial charge in [0.1, 0.15) is 0 Å². The topological polar surface area (TPSA) is 61.6 Å². The van der Waals surface area contributed by atoms with E-state index in [0.29, 0.717) is 0 Å². The second kappa shape index (κ2) is 6.54. The van der Waals surface area contributed by atoms with E-state index in [1.807, 2.05) is 13.0 Å². The number of nitrogens with zero attached hydrogens (tertiary/aromatic N) is 2. The lowest BCUT2D eigenvalue weighted by Gasteiger charge is -2.39. The summed E-state index contributed by atoms with van der Waals surface area (Å²) in [6, 6.07) is 10.3. The summed E-state index contributed by atoms with van der Waals surface area (Å²) in [7, 11) is 0. The van der Waals surface area contributed by atoms with Gasteiger partial charge in [-0.15, -0.1) is 0 Å². The average molecular weight is 262 g/mol. The van der Waals surface area contributed by atoms with Crippen LogP contribution in [-0.2, 0) is 4.79 Å². The number of para-hydroxylation sites is 1. The molecular formula is C14H22N4O. The molecule has 1 aliphatic heterocycles. The third-order valence-electron chi connectivity index (χ3n) is 3.71. The Morgan fingerprint density at radius 3 is 2.42 bits per heavy atom. The molecule has 0 radical (unpaired) electrons. The quantitative estimate of drug-likeness (QED) is 0.473. The SMILES string of the molecule is CC[C@@H](C(=O)NN)N1CCN(c2ccccc2)CC1. The molecule has 2 rings (SSSR count). The van der Waals surface area contributed by atoms with Gasteiger partial charge < -0.3 is 4.90 Å². The molecule has 0 aliphatic carbocycles. The zero-order valence-corrected chi connectivity index (χ0v) is 11.4. The summed E-state index contributed by atoms with van der Waals surface area (Å²) in [5, 5.41) is 0. The van der Waals surface area contributed by atoms with Gasteiger partial charge in [0.2, 0.25) is 0 Å². The van der Waals surface area contributed by atoms with Gasteiger partial charge in [-0.25, -0.2) is 5.84 Å². The van der Waals surface area contributed by atoms with Gasteiger partial charge in [0, 0.05) is 31.9 Å². The molecule has 0 saturated carbocycles. The molecule has 19 heavy (non-hydrogen) atoms. The van der Waals surface area contributed by atoms with E-state index in [0.717, 1.165) is 32.6 Å². The lowest BCUT2D eigenvalue weighted by Crippen LogP contribution is -2.55. The first-order valence-corrected chi connectivity index (χ1v) is 6.80. The molecule has 1 aromatic carbocycles. The summed E-state index contributed by atoms with van der Waals surface area (Å²) in [5.74, 6) is 5.15. The molecule has 104 valence electrons. The van der Waals surface area contributed by atoms with Gasteiger partial charge in [0.15, 0.2) is 0 Å². The van der Waals surface area contributed by atoms with Crippen molar-refractivity contribution in [1.82, 2.24) is 10.3 Å². The van der Waals surface area contributed by atoms with Crippen LogP contribution in [0.1, 0.15) is 13.3 Å². The van der Waals surface area contributed by atoms with Crippen LogP contribution in [0.3, 0.4) is 0 Å². The van der Waals surface area contributed by atoms with Crippen LogP contribution in [0.2, 0.25) is 0 Å². The molecular weight excluding hydrogens is 240 g/mol. The lowest BCUT2D eigenvalue weighted by molar-refractivity contribution is -0.126. The summed E-state index contributed by atoms with van der Waals surface area (Å²) in [6.45, 7) is 5.68. The van der Waals surface area contributed by atoms with Gasteiger partial charge >= 0.3 is 0 Å². The van der Waals surface area contributed by atoms with Gasteiger partial charge in [-0.1, -0.05) is 25.1 Å². The van der Waals surface area contributed by atoms with Crippen LogP contribution in [0.5, 0.6) is 0 Å². The van der Waals surface area contributed by atoms with Crippen molar-refractivity contribution >= 4 is 11.6 Å². The largest absolute Gasteiger partial charge is 0.369 e. The first-order valence-electron chi connectivity index (χ1n) is 6.80. The maximum atomic E-state index is 11.7. The van der Waals surface area contributed by atoms with Crippen molar-refractivity contribution in [1.29, 1.82) is 0 Å². The van der Waals surface area contributed by atoms with Crippen molar-refractivity contribution in [3.05, 3.63) is 30.3 Å². The lowest BCUT2D eigenvalue weighted by atomic mass is 10.1. The standard InChI is InChI=1S/C14H22N4O/c1-2-13(14(19)16-15)18-10-8-17(9-11-18)12-6-4-3-5-7-12/h3-7,13H,2,8-11,15H2,1H3,(H,16,19)/t13-/m0/s1. The Bertz CT molecular complexity index is 401. The molecule has 1 aliphatic rings. The molecule has 5 heteroatoms. The number of hydrogen-bond acceptors (Lipinski definition) is 4. The number of anilines is 1. The van der Waals surface area contributed by atoms with E-state index >= 15 is 0 Å². The van der Waals surface area contributed by atoms with Crippen molar-refractivity contribution in [2.45, 2.75) is 19.4 Å². The van der Waals surface area contributed by atoms with Gasteiger partial charge in [0.05, 0.1) is 6.04 Å². The van der Waals surface area contributed by atoms with Crippen LogP contribution < -0.4 is 16.2 Å². The normalized spacial score (nSPS) is 18.1. The minimum Gasteiger partial charge on any atom is -0.369 e. The van der Waals surface area contributed by atoms with Crippen molar-refractivity contribution in [3.63, 3.8) is 0 Å². The monoisotopic (exact) mass is 262 g/mol. The Morgan fingerprint density at radius 2 is 1.89 bits per heavy atom. The number of hydrogen-bond donors (Lipinski definition) is 2. The van der Waals surface area contributed by atoms with E-state index in [9.17, 15) is 4.79 Å². The van der Waals surface area contributed by atoms with E-state index in [1.165, 1.54) is 5.69 Å². The van der Waals surface area contributed by atoms with E-state index in [1.54, 1.807) is 0 Å². The predicted octanol–water partition coefficient (Wildman–Crippen LogP) is 0.577. The van der Waals surface area contributed by atoms with Gasteiger partial charge in [-0.3, -0.25) is 15.1 Å². The van der Waals surface area contributed by atoms with Gasteiger partial charge in [-0.2, -0.15) is 0 Å². The summed E-state index contributed by atoms with van der Waals surface area (Å²) in [4.78, 5) is 16.3. The number of piperazine rings is 1. The first-order chi connectivity index (χ1) is 9.26. The molecule has 0 unspecified atom stereocenters. The molecule has 1 heterocycles. The smallest absolute Gasteiger partial charge is 0.251 e. The highest BCUT2D eigenvalue weighted by Gasteiger charge is 2.27. The molecule has 1 saturated heterocycles. The summed E-state index contributed by atoms with van der Waals surface area (Å²) in [5.41, 5.74) is 3.51. The van der Waals surface area contributed by atoms with Crippen molar-refractivity contribution in [3.8, 4) is 0 Å². The summed E-state index contributed by atoms with van der Waals surface area (Å²) >= 11 is 0. The number of carbonyl (C=O) groups excluding carboxylic acids is 1. The molecule has 0 spiro atoms. The molecule has 1 aromatic rings. The second-order valence-electron chi connectivity index (χ2n) is 4.79. The second-order valence-corrected chi connectivity index (χ2v) is 4.79. The molecule has 0 bridgehead atoms. The van der Waals surface area contributed by atoms with Crippen LogP contribution in [0.25, 0.3) is 0 Å². The highest BCUT2D eigenvalue weighted by atomic mass is 16.2. The third-order valence-corrected chi connectivity index (χ3v) is 3.71. The van der Waals surface area contributed by atoms with Crippen molar-refractivity contribution in [2.24, 2.45) is 5.84 Å². The highest BCUT2D eigenvalue weighted by Crippen LogP contribution is 2.17. The molecule has 3 N–H and O–H groups in total. The Balaban J connectivity index is 1.93. The van der Waals surface area contributed by atoms with Crippen LogP contribution in [-0.4, -0.2) is 43.0 Å². The minimum atomic E-state index is -0.108. The Morgan fingerprint density at radius 1 is 1.26 bits per heavy atom. The molecule has 1 amide bonds. The summed E-state index contributed by atoms with van der Waals surface area (Å²) < 4.78 is 0. The number of rotatable bonds is 4. The van der Waals surface area contributed by atoms with Crippen molar-refractivity contribution < 1.29 is 4.79 Å². The predicted molar refractivity (Wildman–Crippen MR) is 76.6 cm³/mol. The Kier molecular flexibility index (Phi) is 4.76. The Labute approximate surface area is 114 Å².